The fourth-order valence-corrected chi connectivity index (χ4v) is 4.03. The van der Waals surface area contributed by atoms with E-state index in [1.807, 2.05) is 0 Å². The molecule has 1 N–H and O–H groups in total. The zero-order valence-electron chi connectivity index (χ0n) is 15.6. The van der Waals surface area contributed by atoms with Crippen LogP contribution in [0.15, 0.2) is 11.8 Å². The van der Waals surface area contributed by atoms with Gasteiger partial charge in [-0.3, -0.25) is 14.4 Å². The van der Waals surface area contributed by atoms with Gasteiger partial charge in [0.25, 0.3) is 0 Å². The van der Waals surface area contributed by atoms with Crippen LogP contribution in [0, 0.1) is 23.7 Å². The number of ketones is 1. The number of hydrogen-bond acceptors (Lipinski definition) is 7. The molecule has 3 aliphatic rings. The first-order chi connectivity index (χ1) is 12.2. The molecule has 7 heteroatoms. The van der Waals surface area contributed by atoms with Gasteiger partial charge in [-0.05, 0) is 13.3 Å². The molecule has 6 atom stereocenters. The van der Waals surface area contributed by atoms with E-state index < -0.39 is 29.6 Å². The molecule has 0 unspecified atom stereocenters. The summed E-state index contributed by atoms with van der Waals surface area (Å²) in [5.41, 5.74) is -1.18. The highest BCUT2D eigenvalue weighted by atomic mass is 16.6. The van der Waals surface area contributed by atoms with Crippen LogP contribution in [0.1, 0.15) is 40.5 Å². The first kappa shape index (κ1) is 18.9. The summed E-state index contributed by atoms with van der Waals surface area (Å²) in [7, 11) is 0. The number of aliphatic hydroxyl groups is 1. The van der Waals surface area contributed by atoms with Gasteiger partial charge in [-0.15, -0.1) is 0 Å². The van der Waals surface area contributed by atoms with Gasteiger partial charge in [0, 0.05) is 24.3 Å². The molecule has 3 aliphatic heterocycles. The number of esters is 2. The predicted molar refractivity (Wildman–Crippen MR) is 89.6 cm³/mol. The molecule has 2 bridgehead atoms. The second-order valence-electron chi connectivity index (χ2n) is 8.03. The minimum atomic E-state index is -1.18. The van der Waals surface area contributed by atoms with Crippen molar-refractivity contribution in [2.45, 2.75) is 58.3 Å². The summed E-state index contributed by atoms with van der Waals surface area (Å²) in [6.07, 6.45) is 0.688. The van der Waals surface area contributed by atoms with Crippen molar-refractivity contribution < 1.29 is 33.7 Å². The average molecular weight is 366 g/mol. The van der Waals surface area contributed by atoms with E-state index in [0.717, 1.165) is 0 Å². The Kier molecular flexibility index (Phi) is 4.86. The minimum Gasteiger partial charge on any atom is -0.483 e. The average Bonchev–Trinajstić information content (AvgIpc) is 3.01. The Hall–Kier alpha value is -1.89. The van der Waals surface area contributed by atoms with Gasteiger partial charge in [0.05, 0.1) is 18.4 Å². The van der Waals surface area contributed by atoms with E-state index in [4.69, 9.17) is 14.2 Å². The van der Waals surface area contributed by atoms with Crippen molar-refractivity contribution in [1.82, 2.24) is 0 Å². The molecule has 0 aliphatic carbocycles. The zero-order valence-corrected chi connectivity index (χ0v) is 15.6. The number of carbonyl (C=O) groups excluding carboxylic acids is 3. The van der Waals surface area contributed by atoms with Crippen molar-refractivity contribution in [3.8, 4) is 0 Å². The van der Waals surface area contributed by atoms with Crippen molar-refractivity contribution in [2.24, 2.45) is 23.7 Å². The van der Waals surface area contributed by atoms with Crippen LogP contribution in [0.5, 0.6) is 0 Å². The lowest BCUT2D eigenvalue weighted by Crippen LogP contribution is -2.44. The van der Waals surface area contributed by atoms with Crippen molar-refractivity contribution in [3.63, 3.8) is 0 Å². The molecule has 26 heavy (non-hydrogen) atoms. The van der Waals surface area contributed by atoms with E-state index in [-0.39, 0.29) is 42.6 Å². The fraction of sp³-hybridized carbons (Fsp3) is 0.737. The quantitative estimate of drug-likeness (QED) is 0.753. The Morgan fingerprint density at radius 2 is 2.12 bits per heavy atom. The summed E-state index contributed by atoms with van der Waals surface area (Å²) >= 11 is 0. The second-order valence-corrected chi connectivity index (χ2v) is 8.03. The van der Waals surface area contributed by atoms with E-state index in [9.17, 15) is 19.5 Å². The van der Waals surface area contributed by atoms with Crippen molar-refractivity contribution in [3.05, 3.63) is 11.8 Å². The molecule has 0 saturated carbocycles. The van der Waals surface area contributed by atoms with Crippen LogP contribution >= 0.6 is 0 Å². The highest BCUT2D eigenvalue weighted by molar-refractivity contribution is 5.99. The Bertz CT molecular complexity index is 652. The number of rotatable bonds is 3. The van der Waals surface area contributed by atoms with Crippen LogP contribution in [0.2, 0.25) is 0 Å². The van der Waals surface area contributed by atoms with Crippen molar-refractivity contribution >= 4 is 17.7 Å². The molecule has 0 radical (unpaired) electrons. The fourth-order valence-electron chi connectivity index (χ4n) is 4.03. The third kappa shape index (κ3) is 3.13. The zero-order chi connectivity index (χ0) is 19.2. The Balaban J connectivity index is 2.00. The molecule has 0 aromatic heterocycles. The molecule has 0 aromatic rings. The lowest BCUT2D eigenvalue weighted by Gasteiger charge is -2.33. The first-order valence-electron chi connectivity index (χ1n) is 9.13. The SMILES string of the molecule is CC(C)C(=O)O[C@H]1C[C@@]2(C)OC(=CC2=O)[C@@H](CO)C[C@H]2OC(=O)[C@H](C)[C@H]12. The largest absolute Gasteiger partial charge is 0.483 e. The van der Waals surface area contributed by atoms with Gasteiger partial charge < -0.3 is 19.3 Å². The molecular formula is C19H26O7. The molecule has 0 amide bonds. The molecule has 0 spiro atoms. The van der Waals surface area contributed by atoms with Gasteiger partial charge in [0.1, 0.15) is 18.0 Å². The minimum absolute atomic E-state index is 0.143. The highest BCUT2D eigenvalue weighted by Gasteiger charge is 2.55. The molecule has 7 nitrogen and oxygen atoms in total. The number of aliphatic hydroxyl groups excluding tert-OH is 1. The van der Waals surface area contributed by atoms with Crippen molar-refractivity contribution in [2.75, 3.05) is 6.61 Å². The van der Waals surface area contributed by atoms with E-state index in [1.54, 1.807) is 27.7 Å². The lowest BCUT2D eigenvalue weighted by atomic mass is 9.78. The smallest absolute Gasteiger partial charge is 0.309 e. The van der Waals surface area contributed by atoms with Gasteiger partial charge in [0.2, 0.25) is 5.78 Å². The first-order valence-corrected chi connectivity index (χ1v) is 9.13. The van der Waals surface area contributed by atoms with E-state index in [2.05, 4.69) is 0 Å². The predicted octanol–water partition coefficient (Wildman–Crippen LogP) is 1.38. The topological polar surface area (TPSA) is 99.1 Å². The Morgan fingerprint density at radius 1 is 1.42 bits per heavy atom. The van der Waals surface area contributed by atoms with Gasteiger partial charge >= 0.3 is 11.9 Å². The lowest BCUT2D eigenvalue weighted by molar-refractivity contribution is -0.162. The van der Waals surface area contributed by atoms with Crippen LogP contribution < -0.4 is 0 Å². The van der Waals surface area contributed by atoms with Crippen molar-refractivity contribution in [1.29, 1.82) is 0 Å². The Labute approximate surface area is 152 Å². The number of ether oxygens (including phenoxy) is 3. The number of hydrogen-bond donors (Lipinski definition) is 1. The van der Waals surface area contributed by atoms with Crippen LogP contribution in [0.3, 0.4) is 0 Å². The summed E-state index contributed by atoms with van der Waals surface area (Å²) in [5, 5.41) is 9.77. The van der Waals surface area contributed by atoms with E-state index in [1.165, 1.54) is 6.08 Å². The number of fused-ring (bicyclic) bond motifs is 3. The standard InChI is InChI=1S/C19H26O7/c1-9(2)17(22)25-14-7-19(4)15(21)6-12(26-19)11(8-20)5-13-16(14)10(3)18(23)24-13/h6,9-11,13-14,16,20H,5,7-8H2,1-4H3/t10-,11-,13-,14+,16+,19-/m1/s1. The maximum atomic E-state index is 12.5. The maximum absolute atomic E-state index is 12.5. The molecule has 3 heterocycles. The molecule has 3 rings (SSSR count). The summed E-state index contributed by atoms with van der Waals surface area (Å²) in [6.45, 7) is 6.65. The summed E-state index contributed by atoms with van der Waals surface area (Å²) in [6, 6.07) is 0. The molecule has 144 valence electrons. The monoisotopic (exact) mass is 366 g/mol. The Morgan fingerprint density at radius 3 is 2.73 bits per heavy atom. The summed E-state index contributed by atoms with van der Waals surface area (Å²) in [5.74, 6) is -2.16. The summed E-state index contributed by atoms with van der Waals surface area (Å²) < 4.78 is 17.2. The van der Waals surface area contributed by atoms with E-state index >= 15 is 0 Å². The second kappa shape index (κ2) is 6.68. The van der Waals surface area contributed by atoms with E-state index in [0.29, 0.717) is 12.2 Å². The summed E-state index contributed by atoms with van der Waals surface area (Å²) in [4.78, 5) is 37.0. The molecular weight excluding hydrogens is 340 g/mol. The molecule has 2 fully saturated rings. The van der Waals surface area contributed by atoms with Crippen LogP contribution in [0.25, 0.3) is 0 Å². The maximum Gasteiger partial charge on any atom is 0.309 e. The third-order valence-electron chi connectivity index (χ3n) is 5.68. The van der Waals surface area contributed by atoms with Crippen LogP contribution in [0.4, 0.5) is 0 Å². The van der Waals surface area contributed by atoms with Gasteiger partial charge in [-0.2, -0.15) is 0 Å². The van der Waals surface area contributed by atoms with Gasteiger partial charge in [0.15, 0.2) is 5.60 Å². The van der Waals surface area contributed by atoms with Gasteiger partial charge in [-0.1, -0.05) is 20.8 Å². The number of carbonyl (C=O) groups is 3. The van der Waals surface area contributed by atoms with Crippen LogP contribution in [-0.4, -0.2) is 47.2 Å². The molecule has 2 saturated heterocycles. The van der Waals surface area contributed by atoms with Gasteiger partial charge in [-0.25, -0.2) is 0 Å². The normalized spacial score (nSPS) is 39.3. The van der Waals surface area contributed by atoms with Crippen LogP contribution in [-0.2, 0) is 28.6 Å². The molecule has 0 aromatic carbocycles. The third-order valence-corrected chi connectivity index (χ3v) is 5.68. The highest BCUT2D eigenvalue weighted by Crippen LogP contribution is 2.45.